The van der Waals surface area contributed by atoms with Crippen LogP contribution in [-0.4, -0.2) is 23.5 Å². The number of benzene rings is 1. The minimum Gasteiger partial charge on any atom is -0.310 e. The number of halogens is 1. The minimum absolute atomic E-state index is 0.716. The summed E-state index contributed by atoms with van der Waals surface area (Å²) in [5.41, 5.74) is 2.80. The largest absolute Gasteiger partial charge is 0.310 e. The Morgan fingerprint density at radius 3 is 2.70 bits per heavy atom. The van der Waals surface area contributed by atoms with Crippen molar-refractivity contribution in [3.05, 3.63) is 33.8 Å². The van der Waals surface area contributed by atoms with Crippen LogP contribution in [0, 0.1) is 5.92 Å². The maximum absolute atomic E-state index is 3.76. The molecule has 1 heterocycles. The molecule has 3 rings (SSSR count). The highest BCUT2D eigenvalue weighted by molar-refractivity contribution is 9.10. The van der Waals surface area contributed by atoms with E-state index in [1.807, 2.05) is 0 Å². The van der Waals surface area contributed by atoms with Crippen molar-refractivity contribution < 1.29 is 0 Å². The highest BCUT2D eigenvalue weighted by atomic mass is 79.9. The van der Waals surface area contributed by atoms with E-state index in [-0.39, 0.29) is 0 Å². The van der Waals surface area contributed by atoms with Crippen LogP contribution in [-0.2, 0) is 13.1 Å². The molecule has 0 bridgehead atoms. The highest BCUT2D eigenvalue weighted by Crippen LogP contribution is 2.27. The molecule has 2 unspecified atom stereocenters. The van der Waals surface area contributed by atoms with Gasteiger partial charge in [0, 0.05) is 36.2 Å². The van der Waals surface area contributed by atoms with Gasteiger partial charge in [-0.05, 0) is 49.3 Å². The van der Waals surface area contributed by atoms with Crippen molar-refractivity contribution >= 4 is 15.9 Å². The maximum Gasteiger partial charge on any atom is 0.0247 e. The molecule has 1 aromatic carbocycles. The second kappa shape index (κ2) is 6.17. The molecule has 1 N–H and O–H groups in total. The Morgan fingerprint density at radius 1 is 1.30 bits per heavy atom. The molecular formula is C17H25BrN2. The minimum atomic E-state index is 0.716. The molecule has 1 saturated heterocycles. The molecule has 2 fully saturated rings. The van der Waals surface area contributed by atoms with Gasteiger partial charge in [0.15, 0.2) is 0 Å². The molecule has 0 spiro atoms. The Hall–Kier alpha value is -0.380. The normalized spacial score (nSPS) is 27.1. The molecule has 0 aromatic heterocycles. The van der Waals surface area contributed by atoms with Crippen LogP contribution in [0.1, 0.15) is 44.2 Å². The molecule has 20 heavy (non-hydrogen) atoms. The SMILES string of the molecule is CC1CC(C)N(Cc2ccc(CNC3CC3)cc2Br)C1. The fourth-order valence-electron chi connectivity index (χ4n) is 3.20. The summed E-state index contributed by atoms with van der Waals surface area (Å²) in [5.74, 6) is 0.839. The van der Waals surface area contributed by atoms with Gasteiger partial charge in [-0.2, -0.15) is 0 Å². The van der Waals surface area contributed by atoms with E-state index in [1.54, 1.807) is 0 Å². The van der Waals surface area contributed by atoms with Crippen LogP contribution in [0.2, 0.25) is 0 Å². The second-order valence-electron chi connectivity index (χ2n) is 6.70. The molecule has 2 aliphatic rings. The zero-order chi connectivity index (χ0) is 14.1. The summed E-state index contributed by atoms with van der Waals surface area (Å²) in [5, 5.41) is 3.57. The molecular weight excluding hydrogens is 312 g/mol. The monoisotopic (exact) mass is 336 g/mol. The van der Waals surface area contributed by atoms with Gasteiger partial charge in [-0.1, -0.05) is 35.0 Å². The summed E-state index contributed by atoms with van der Waals surface area (Å²) in [6.45, 7) is 8.02. The van der Waals surface area contributed by atoms with E-state index < -0.39 is 0 Å². The quantitative estimate of drug-likeness (QED) is 0.876. The first-order valence-corrected chi connectivity index (χ1v) is 8.66. The number of nitrogens with zero attached hydrogens (tertiary/aromatic N) is 1. The Bertz CT molecular complexity index is 470. The first kappa shape index (κ1) is 14.6. The Balaban J connectivity index is 1.61. The van der Waals surface area contributed by atoms with Crippen molar-refractivity contribution in [3.8, 4) is 0 Å². The summed E-state index contributed by atoms with van der Waals surface area (Å²) in [4.78, 5) is 2.60. The van der Waals surface area contributed by atoms with Crippen LogP contribution in [0.5, 0.6) is 0 Å². The fourth-order valence-corrected chi connectivity index (χ4v) is 3.76. The highest BCUT2D eigenvalue weighted by Gasteiger charge is 2.26. The van der Waals surface area contributed by atoms with Crippen LogP contribution in [0.25, 0.3) is 0 Å². The van der Waals surface area contributed by atoms with E-state index in [0.717, 1.165) is 25.0 Å². The lowest BCUT2D eigenvalue weighted by Gasteiger charge is -2.22. The molecule has 2 nitrogen and oxygen atoms in total. The molecule has 0 radical (unpaired) electrons. The van der Waals surface area contributed by atoms with Crippen LogP contribution < -0.4 is 5.32 Å². The third-order valence-corrected chi connectivity index (χ3v) is 5.31. The lowest BCUT2D eigenvalue weighted by atomic mass is 10.1. The van der Waals surface area contributed by atoms with Gasteiger partial charge in [-0.15, -0.1) is 0 Å². The Labute approximate surface area is 131 Å². The van der Waals surface area contributed by atoms with Gasteiger partial charge in [-0.3, -0.25) is 4.90 Å². The molecule has 1 saturated carbocycles. The fraction of sp³-hybridized carbons (Fsp3) is 0.647. The molecule has 1 aromatic rings. The van der Waals surface area contributed by atoms with E-state index >= 15 is 0 Å². The summed E-state index contributed by atoms with van der Waals surface area (Å²) >= 11 is 3.76. The van der Waals surface area contributed by atoms with E-state index in [0.29, 0.717) is 6.04 Å². The Morgan fingerprint density at radius 2 is 2.10 bits per heavy atom. The number of hydrogen-bond acceptors (Lipinski definition) is 2. The van der Waals surface area contributed by atoms with Gasteiger partial charge in [0.25, 0.3) is 0 Å². The standard InChI is InChI=1S/C17H25BrN2/c1-12-7-13(2)20(10-12)11-15-4-3-14(8-17(15)18)9-19-16-5-6-16/h3-4,8,12-13,16,19H,5-7,9-11H2,1-2H3. The van der Waals surface area contributed by atoms with Gasteiger partial charge in [0.1, 0.15) is 0 Å². The first-order chi connectivity index (χ1) is 9.61. The van der Waals surface area contributed by atoms with E-state index in [4.69, 9.17) is 0 Å². The molecule has 1 aliphatic heterocycles. The summed E-state index contributed by atoms with van der Waals surface area (Å²) < 4.78 is 1.26. The van der Waals surface area contributed by atoms with Gasteiger partial charge in [0.05, 0.1) is 0 Å². The summed E-state index contributed by atoms with van der Waals surface area (Å²) in [6.07, 6.45) is 4.04. The third-order valence-electron chi connectivity index (χ3n) is 4.58. The predicted molar refractivity (Wildman–Crippen MR) is 87.7 cm³/mol. The number of nitrogens with one attached hydrogen (secondary N) is 1. The molecule has 2 atom stereocenters. The first-order valence-electron chi connectivity index (χ1n) is 7.86. The third kappa shape index (κ3) is 3.63. The lowest BCUT2D eigenvalue weighted by Crippen LogP contribution is -2.26. The van der Waals surface area contributed by atoms with E-state index in [2.05, 4.69) is 58.2 Å². The topological polar surface area (TPSA) is 15.3 Å². The zero-order valence-electron chi connectivity index (χ0n) is 12.5. The van der Waals surface area contributed by atoms with Crippen LogP contribution >= 0.6 is 15.9 Å². The second-order valence-corrected chi connectivity index (χ2v) is 7.55. The molecule has 1 aliphatic carbocycles. The molecule has 0 amide bonds. The van der Waals surface area contributed by atoms with E-state index in [1.165, 1.54) is 41.4 Å². The molecule has 110 valence electrons. The van der Waals surface area contributed by atoms with Crippen molar-refractivity contribution in [2.45, 2.75) is 58.3 Å². The van der Waals surface area contributed by atoms with Crippen LogP contribution in [0.4, 0.5) is 0 Å². The average Bonchev–Trinajstić information content (AvgIpc) is 3.17. The smallest absolute Gasteiger partial charge is 0.0247 e. The van der Waals surface area contributed by atoms with Crippen molar-refractivity contribution in [2.75, 3.05) is 6.54 Å². The van der Waals surface area contributed by atoms with Crippen LogP contribution in [0.3, 0.4) is 0 Å². The summed E-state index contributed by atoms with van der Waals surface area (Å²) in [7, 11) is 0. The van der Waals surface area contributed by atoms with Gasteiger partial charge in [0.2, 0.25) is 0 Å². The number of hydrogen-bond donors (Lipinski definition) is 1. The Kier molecular flexibility index (Phi) is 4.49. The molecule has 3 heteroatoms. The van der Waals surface area contributed by atoms with Gasteiger partial charge in [-0.25, -0.2) is 0 Å². The lowest BCUT2D eigenvalue weighted by molar-refractivity contribution is 0.256. The van der Waals surface area contributed by atoms with Gasteiger partial charge >= 0.3 is 0 Å². The van der Waals surface area contributed by atoms with Crippen molar-refractivity contribution in [1.29, 1.82) is 0 Å². The van der Waals surface area contributed by atoms with Crippen molar-refractivity contribution in [2.24, 2.45) is 5.92 Å². The van der Waals surface area contributed by atoms with Crippen molar-refractivity contribution in [3.63, 3.8) is 0 Å². The zero-order valence-corrected chi connectivity index (χ0v) is 14.1. The maximum atomic E-state index is 3.76. The van der Waals surface area contributed by atoms with Crippen molar-refractivity contribution in [1.82, 2.24) is 10.2 Å². The summed E-state index contributed by atoms with van der Waals surface area (Å²) in [6, 6.07) is 8.35. The number of rotatable bonds is 5. The predicted octanol–water partition coefficient (Wildman–Crippen LogP) is 3.93. The van der Waals surface area contributed by atoms with Gasteiger partial charge < -0.3 is 5.32 Å². The van der Waals surface area contributed by atoms with E-state index in [9.17, 15) is 0 Å². The average molecular weight is 337 g/mol. The van der Waals surface area contributed by atoms with Crippen LogP contribution in [0.15, 0.2) is 22.7 Å². The number of likely N-dealkylation sites (tertiary alicyclic amines) is 1.